The van der Waals surface area contributed by atoms with Gasteiger partial charge in [0.05, 0.1) is 23.1 Å². The monoisotopic (exact) mass is 330 g/mol. The Hall–Kier alpha value is -2.60. The maximum absolute atomic E-state index is 12.2. The normalized spacial score (nSPS) is 10.9. The molecule has 0 spiro atoms. The fourth-order valence-corrected chi connectivity index (χ4v) is 2.63. The number of H-pyrrole nitrogens is 1. The van der Waals surface area contributed by atoms with Crippen molar-refractivity contribution < 1.29 is 4.79 Å². The van der Waals surface area contributed by atoms with Crippen LogP contribution < -0.4 is 10.9 Å². The van der Waals surface area contributed by atoms with E-state index in [4.69, 9.17) is 11.6 Å². The molecule has 2 N–H and O–H groups in total. The largest absolute Gasteiger partial charge is 0.345 e. The van der Waals surface area contributed by atoms with Crippen LogP contribution in [0.3, 0.4) is 0 Å². The molecule has 1 amide bonds. The number of nitrogens with zero attached hydrogens (tertiary/aromatic N) is 2. The molecule has 0 unspecified atom stereocenters. The number of nitrogens with one attached hydrogen (secondary N) is 2. The molecular weight excluding hydrogens is 316 g/mol. The summed E-state index contributed by atoms with van der Waals surface area (Å²) in [6.07, 6.45) is 1.34. The second kappa shape index (κ2) is 6.26. The molecule has 2 heterocycles. The van der Waals surface area contributed by atoms with E-state index in [1.165, 1.54) is 12.3 Å². The first kappa shape index (κ1) is 15.3. The number of halogens is 1. The number of benzene rings is 1. The van der Waals surface area contributed by atoms with E-state index < -0.39 is 5.56 Å². The lowest BCUT2D eigenvalue weighted by Gasteiger charge is -2.08. The van der Waals surface area contributed by atoms with Crippen molar-refractivity contribution in [2.45, 2.75) is 20.0 Å². The summed E-state index contributed by atoms with van der Waals surface area (Å²) in [5.41, 5.74) is 1.81. The minimum absolute atomic E-state index is 0.0153. The van der Waals surface area contributed by atoms with Crippen molar-refractivity contribution in [2.75, 3.05) is 0 Å². The maximum Gasteiger partial charge on any atom is 0.266 e. The number of aryl methyl sites for hydroxylation is 1. The standard InChI is InChI=1S/C16H15ClN4O2/c1-2-21-13-6-4-3-5-12(13)20-14(21)9-19-15(22)10-7-11(17)16(23)18-8-10/h3-8H,2,9H2,1H3,(H,18,23)(H,19,22). The summed E-state index contributed by atoms with van der Waals surface area (Å²) in [5.74, 6) is 0.454. The van der Waals surface area contributed by atoms with Gasteiger partial charge in [-0.25, -0.2) is 4.98 Å². The lowest BCUT2D eigenvalue weighted by molar-refractivity contribution is 0.0949. The van der Waals surface area contributed by atoms with E-state index in [1.807, 2.05) is 31.2 Å². The topological polar surface area (TPSA) is 79.8 Å². The van der Waals surface area contributed by atoms with E-state index >= 15 is 0 Å². The van der Waals surface area contributed by atoms with Gasteiger partial charge in [-0.15, -0.1) is 0 Å². The zero-order chi connectivity index (χ0) is 16.4. The molecule has 0 saturated carbocycles. The zero-order valence-electron chi connectivity index (χ0n) is 12.5. The minimum atomic E-state index is -0.420. The molecule has 1 aromatic carbocycles. The van der Waals surface area contributed by atoms with Crippen molar-refractivity contribution in [1.82, 2.24) is 19.9 Å². The maximum atomic E-state index is 12.2. The second-order valence-corrected chi connectivity index (χ2v) is 5.42. The van der Waals surface area contributed by atoms with Gasteiger partial charge < -0.3 is 14.9 Å². The number of imidazole rings is 1. The molecule has 23 heavy (non-hydrogen) atoms. The third-order valence-corrected chi connectivity index (χ3v) is 3.86. The van der Waals surface area contributed by atoms with E-state index in [9.17, 15) is 9.59 Å². The Morgan fingerprint density at radius 3 is 2.91 bits per heavy atom. The first-order valence-corrected chi connectivity index (χ1v) is 7.58. The summed E-state index contributed by atoms with van der Waals surface area (Å²) in [7, 11) is 0. The molecule has 2 aromatic heterocycles. The molecule has 0 radical (unpaired) electrons. The van der Waals surface area contributed by atoms with Crippen LogP contribution in [0.15, 0.2) is 41.3 Å². The van der Waals surface area contributed by atoms with Gasteiger partial charge in [0.25, 0.3) is 11.5 Å². The van der Waals surface area contributed by atoms with Gasteiger partial charge in [0.2, 0.25) is 0 Å². The molecule has 3 aromatic rings. The summed E-state index contributed by atoms with van der Waals surface area (Å²) in [6, 6.07) is 9.17. The van der Waals surface area contributed by atoms with Gasteiger partial charge >= 0.3 is 0 Å². The predicted molar refractivity (Wildman–Crippen MR) is 88.6 cm³/mol. The SMILES string of the molecule is CCn1c(CNC(=O)c2c[nH]c(=O)c(Cl)c2)nc2ccccc21. The van der Waals surface area contributed by atoms with E-state index in [2.05, 4.69) is 19.9 Å². The van der Waals surface area contributed by atoms with Crippen LogP contribution in [-0.4, -0.2) is 20.4 Å². The van der Waals surface area contributed by atoms with Gasteiger partial charge in [0, 0.05) is 12.7 Å². The summed E-state index contributed by atoms with van der Waals surface area (Å²) in [4.78, 5) is 30.4. The van der Waals surface area contributed by atoms with E-state index in [1.54, 1.807) is 0 Å². The number of carbonyl (C=O) groups is 1. The number of hydrogen-bond donors (Lipinski definition) is 2. The van der Waals surface area contributed by atoms with Crippen molar-refractivity contribution in [3.05, 3.63) is 63.3 Å². The quantitative estimate of drug-likeness (QED) is 0.770. The van der Waals surface area contributed by atoms with Crippen LogP contribution in [0.5, 0.6) is 0 Å². The van der Waals surface area contributed by atoms with Crippen molar-refractivity contribution in [3.63, 3.8) is 0 Å². The van der Waals surface area contributed by atoms with Gasteiger partial charge in [0.1, 0.15) is 10.8 Å². The molecular formula is C16H15ClN4O2. The van der Waals surface area contributed by atoms with E-state index in [0.717, 1.165) is 23.4 Å². The molecule has 3 rings (SSSR count). The van der Waals surface area contributed by atoms with Gasteiger partial charge in [-0.05, 0) is 25.1 Å². The van der Waals surface area contributed by atoms with Crippen LogP contribution in [0.1, 0.15) is 23.1 Å². The van der Waals surface area contributed by atoms with Crippen LogP contribution in [0.4, 0.5) is 0 Å². The van der Waals surface area contributed by atoms with E-state index in [-0.39, 0.29) is 17.5 Å². The average molecular weight is 331 g/mol. The molecule has 118 valence electrons. The van der Waals surface area contributed by atoms with Gasteiger partial charge in [-0.2, -0.15) is 0 Å². The number of aromatic nitrogens is 3. The number of carbonyl (C=O) groups excluding carboxylic acids is 1. The molecule has 0 aliphatic rings. The Kier molecular flexibility index (Phi) is 4.16. The van der Waals surface area contributed by atoms with Gasteiger partial charge in [-0.1, -0.05) is 23.7 Å². The first-order chi connectivity index (χ1) is 11.1. The van der Waals surface area contributed by atoms with E-state index in [0.29, 0.717) is 5.56 Å². The Balaban J connectivity index is 1.81. The smallest absolute Gasteiger partial charge is 0.266 e. The fraction of sp³-hybridized carbons (Fsp3) is 0.188. The molecule has 0 aliphatic carbocycles. The summed E-state index contributed by atoms with van der Waals surface area (Å²) >= 11 is 5.74. The molecule has 0 fully saturated rings. The van der Waals surface area contributed by atoms with Crippen molar-refractivity contribution in [3.8, 4) is 0 Å². The molecule has 0 atom stereocenters. The summed E-state index contributed by atoms with van der Waals surface area (Å²) in [6.45, 7) is 3.08. The van der Waals surface area contributed by atoms with Gasteiger partial charge in [-0.3, -0.25) is 9.59 Å². The zero-order valence-corrected chi connectivity index (χ0v) is 13.2. The number of para-hydroxylation sites is 2. The Labute approximate surface area is 137 Å². The Morgan fingerprint density at radius 2 is 2.17 bits per heavy atom. The highest BCUT2D eigenvalue weighted by Gasteiger charge is 2.12. The minimum Gasteiger partial charge on any atom is -0.345 e. The Bertz CT molecular complexity index is 929. The second-order valence-electron chi connectivity index (χ2n) is 5.01. The van der Waals surface area contributed by atoms with Crippen LogP contribution in [0.2, 0.25) is 5.02 Å². The number of rotatable bonds is 4. The predicted octanol–water partition coefficient (Wildman–Crippen LogP) is 2.33. The highest BCUT2D eigenvalue weighted by Crippen LogP contribution is 2.15. The number of hydrogen-bond acceptors (Lipinski definition) is 3. The molecule has 0 bridgehead atoms. The third kappa shape index (κ3) is 2.98. The van der Waals surface area contributed by atoms with Crippen molar-refractivity contribution in [1.29, 1.82) is 0 Å². The Morgan fingerprint density at radius 1 is 1.39 bits per heavy atom. The number of pyridine rings is 1. The van der Waals surface area contributed by atoms with Crippen molar-refractivity contribution in [2.24, 2.45) is 0 Å². The molecule has 0 aliphatic heterocycles. The molecule has 0 saturated heterocycles. The summed E-state index contributed by atoms with van der Waals surface area (Å²) in [5, 5.41) is 2.78. The highest BCUT2D eigenvalue weighted by atomic mass is 35.5. The number of amides is 1. The molecule has 7 heteroatoms. The lowest BCUT2D eigenvalue weighted by Crippen LogP contribution is -2.25. The highest BCUT2D eigenvalue weighted by molar-refractivity contribution is 6.30. The summed E-state index contributed by atoms with van der Waals surface area (Å²) < 4.78 is 2.05. The first-order valence-electron chi connectivity index (χ1n) is 7.20. The lowest BCUT2D eigenvalue weighted by atomic mass is 10.2. The number of fused-ring (bicyclic) bond motifs is 1. The van der Waals surface area contributed by atoms with Gasteiger partial charge in [0.15, 0.2) is 0 Å². The van der Waals surface area contributed by atoms with Crippen molar-refractivity contribution >= 4 is 28.5 Å². The average Bonchev–Trinajstić information content (AvgIpc) is 2.92. The molecule has 6 nitrogen and oxygen atoms in total. The van der Waals surface area contributed by atoms with Crippen LogP contribution >= 0.6 is 11.6 Å². The van der Waals surface area contributed by atoms with Crippen LogP contribution in [-0.2, 0) is 13.1 Å². The number of aromatic amines is 1. The van der Waals surface area contributed by atoms with Crippen LogP contribution in [0.25, 0.3) is 11.0 Å². The fourth-order valence-electron chi connectivity index (χ4n) is 2.46. The van der Waals surface area contributed by atoms with Crippen LogP contribution in [0, 0.1) is 0 Å². The third-order valence-electron chi connectivity index (χ3n) is 3.58.